The normalized spacial score (nSPS) is 19.4. The van der Waals surface area contributed by atoms with Crippen LogP contribution >= 0.6 is 28.3 Å². The van der Waals surface area contributed by atoms with Crippen molar-refractivity contribution in [3.05, 3.63) is 28.2 Å². The molecule has 1 fully saturated rings. The van der Waals surface area contributed by atoms with Crippen molar-refractivity contribution in [2.45, 2.75) is 23.8 Å². The first-order valence-corrected chi connectivity index (χ1v) is 8.05. The summed E-state index contributed by atoms with van der Waals surface area (Å²) < 4.78 is 53.1. The molecule has 4 nitrogen and oxygen atoms in total. The number of hydrogen-bond acceptors (Lipinski definition) is 3. The Balaban J connectivity index is 0.00000200. The van der Waals surface area contributed by atoms with Gasteiger partial charge in [0.2, 0.25) is 10.0 Å². The van der Waals surface area contributed by atoms with Crippen LogP contribution in [0.5, 0.6) is 0 Å². The molecule has 1 aromatic rings. The Kier molecular flexibility index (Phi) is 6.33. The molecule has 20 heavy (non-hydrogen) atoms. The molecular formula is C11H14BrClF2N2O2S. The Hall–Kier alpha value is -0.280. The fourth-order valence-electron chi connectivity index (χ4n) is 1.95. The Morgan fingerprint density at radius 3 is 2.60 bits per heavy atom. The van der Waals surface area contributed by atoms with E-state index in [1.165, 1.54) is 0 Å². The predicted octanol–water partition coefficient (Wildman–Crippen LogP) is 2.18. The molecule has 0 unspecified atom stereocenters. The van der Waals surface area contributed by atoms with Crippen molar-refractivity contribution in [3.63, 3.8) is 0 Å². The second-order valence-corrected chi connectivity index (χ2v) is 6.90. The van der Waals surface area contributed by atoms with E-state index in [0.717, 1.165) is 19.0 Å². The summed E-state index contributed by atoms with van der Waals surface area (Å²) in [5.74, 6) is -1.94. The minimum atomic E-state index is -3.99. The molecule has 114 valence electrons. The first-order chi connectivity index (χ1) is 8.90. The molecule has 0 spiro atoms. The molecule has 9 heteroatoms. The summed E-state index contributed by atoms with van der Waals surface area (Å²) in [6.07, 6.45) is 1.54. The van der Waals surface area contributed by atoms with Crippen LogP contribution in [0.2, 0.25) is 0 Å². The van der Waals surface area contributed by atoms with Gasteiger partial charge in [0, 0.05) is 18.7 Å². The molecule has 1 atom stereocenters. The molecule has 1 aliphatic rings. The van der Waals surface area contributed by atoms with Gasteiger partial charge in [0.15, 0.2) is 0 Å². The van der Waals surface area contributed by atoms with E-state index < -0.39 is 26.6 Å². The minimum absolute atomic E-state index is 0. The highest BCUT2D eigenvalue weighted by molar-refractivity contribution is 9.10. The number of rotatable bonds is 3. The smallest absolute Gasteiger partial charge is 0.243 e. The van der Waals surface area contributed by atoms with Crippen LogP contribution in [0, 0.1) is 11.6 Å². The Bertz CT molecular complexity index is 580. The molecule has 0 aromatic heterocycles. The molecule has 2 rings (SSSR count). The van der Waals surface area contributed by atoms with Crippen molar-refractivity contribution < 1.29 is 17.2 Å². The highest BCUT2D eigenvalue weighted by Gasteiger charge is 2.25. The molecule has 1 heterocycles. The van der Waals surface area contributed by atoms with Gasteiger partial charge in [0.25, 0.3) is 0 Å². The maximum Gasteiger partial charge on any atom is 0.243 e. The number of halogens is 4. The monoisotopic (exact) mass is 390 g/mol. The lowest BCUT2D eigenvalue weighted by molar-refractivity contribution is 0.427. The molecule has 0 bridgehead atoms. The Morgan fingerprint density at radius 2 is 2.00 bits per heavy atom. The van der Waals surface area contributed by atoms with Crippen molar-refractivity contribution in [3.8, 4) is 0 Å². The maximum absolute atomic E-state index is 13.6. The van der Waals surface area contributed by atoms with E-state index in [0.29, 0.717) is 19.0 Å². The average Bonchev–Trinajstić information content (AvgIpc) is 2.34. The second-order valence-electron chi connectivity index (χ2n) is 4.36. The quantitative estimate of drug-likeness (QED) is 0.777. The summed E-state index contributed by atoms with van der Waals surface area (Å²) in [7, 11) is -3.99. The van der Waals surface area contributed by atoms with Crippen molar-refractivity contribution >= 4 is 38.4 Å². The lowest BCUT2D eigenvalue weighted by Gasteiger charge is -2.23. The molecule has 0 amide bonds. The van der Waals surface area contributed by atoms with Gasteiger partial charge >= 0.3 is 0 Å². The summed E-state index contributed by atoms with van der Waals surface area (Å²) in [6.45, 7) is 1.35. The number of nitrogens with one attached hydrogen (secondary N) is 2. The van der Waals surface area contributed by atoms with Gasteiger partial charge in [0.1, 0.15) is 16.5 Å². The summed E-state index contributed by atoms with van der Waals surface area (Å²) in [4.78, 5) is -0.550. The van der Waals surface area contributed by atoms with Gasteiger partial charge < -0.3 is 5.32 Å². The van der Waals surface area contributed by atoms with Crippen LogP contribution in [0.4, 0.5) is 8.78 Å². The summed E-state index contributed by atoms with van der Waals surface area (Å²) >= 11 is 2.85. The molecule has 0 radical (unpaired) electrons. The third-order valence-corrected chi connectivity index (χ3v) is 5.03. The third kappa shape index (κ3) is 4.11. The number of piperidine rings is 1. The molecule has 0 aliphatic carbocycles. The van der Waals surface area contributed by atoms with E-state index >= 15 is 0 Å². The number of hydrogen-bond donors (Lipinski definition) is 2. The van der Waals surface area contributed by atoms with E-state index in [-0.39, 0.29) is 22.9 Å². The predicted molar refractivity (Wildman–Crippen MR) is 77.5 cm³/mol. The van der Waals surface area contributed by atoms with E-state index in [4.69, 9.17) is 0 Å². The third-order valence-electron chi connectivity index (χ3n) is 2.88. The summed E-state index contributed by atoms with van der Waals surface area (Å²) in [6, 6.07) is 1.21. The summed E-state index contributed by atoms with van der Waals surface area (Å²) in [5, 5.41) is 3.05. The van der Waals surface area contributed by atoms with Crippen LogP contribution in [0.25, 0.3) is 0 Å². The van der Waals surface area contributed by atoms with Crippen molar-refractivity contribution in [1.29, 1.82) is 0 Å². The van der Waals surface area contributed by atoms with Crippen LogP contribution in [0.3, 0.4) is 0 Å². The van der Waals surface area contributed by atoms with E-state index in [1.54, 1.807) is 0 Å². The Morgan fingerprint density at radius 1 is 1.30 bits per heavy atom. The van der Waals surface area contributed by atoms with Crippen LogP contribution in [0.1, 0.15) is 12.8 Å². The highest BCUT2D eigenvalue weighted by Crippen LogP contribution is 2.23. The fourth-order valence-corrected chi connectivity index (χ4v) is 3.80. The molecule has 0 saturated carbocycles. The topological polar surface area (TPSA) is 58.2 Å². The summed E-state index contributed by atoms with van der Waals surface area (Å²) in [5.41, 5.74) is 0. The lowest BCUT2D eigenvalue weighted by atomic mass is 10.1. The van der Waals surface area contributed by atoms with E-state index in [2.05, 4.69) is 26.0 Å². The van der Waals surface area contributed by atoms with Crippen LogP contribution in [0.15, 0.2) is 21.5 Å². The van der Waals surface area contributed by atoms with Crippen molar-refractivity contribution in [2.24, 2.45) is 0 Å². The first kappa shape index (κ1) is 17.8. The van der Waals surface area contributed by atoms with Crippen molar-refractivity contribution in [1.82, 2.24) is 10.0 Å². The lowest BCUT2D eigenvalue weighted by Crippen LogP contribution is -2.45. The van der Waals surface area contributed by atoms with Gasteiger partial charge in [0.05, 0.1) is 4.47 Å². The first-order valence-electron chi connectivity index (χ1n) is 5.78. The zero-order valence-electron chi connectivity index (χ0n) is 10.3. The molecule has 1 saturated heterocycles. The molecule has 1 aromatic carbocycles. The SMILES string of the molecule is Cl.O=S(=O)(N[C@H]1CCCNC1)c1cc(Br)c(F)cc1F. The average molecular weight is 392 g/mol. The standard InChI is InChI=1S/C11H13BrF2N2O2S.ClH/c12-8-4-11(10(14)5-9(8)13)19(17,18)16-7-2-1-3-15-6-7;/h4-5,7,15-16H,1-3,6H2;1H/t7-;/m0./s1. The van der Waals surface area contributed by atoms with E-state index in [1.807, 2.05) is 0 Å². The Labute approximate surface area is 130 Å². The largest absolute Gasteiger partial charge is 0.315 e. The van der Waals surface area contributed by atoms with Gasteiger partial charge in [-0.3, -0.25) is 0 Å². The zero-order valence-corrected chi connectivity index (χ0v) is 13.5. The van der Waals surface area contributed by atoms with Crippen LogP contribution < -0.4 is 10.0 Å². The zero-order chi connectivity index (χ0) is 14.0. The molecule has 2 N–H and O–H groups in total. The van der Waals surface area contributed by atoms with Crippen LogP contribution in [-0.2, 0) is 10.0 Å². The number of benzene rings is 1. The van der Waals surface area contributed by atoms with Gasteiger partial charge in [-0.1, -0.05) is 0 Å². The van der Waals surface area contributed by atoms with Gasteiger partial charge in [-0.25, -0.2) is 21.9 Å². The highest BCUT2D eigenvalue weighted by atomic mass is 79.9. The van der Waals surface area contributed by atoms with Gasteiger partial charge in [-0.2, -0.15) is 0 Å². The minimum Gasteiger partial charge on any atom is -0.315 e. The van der Waals surface area contributed by atoms with E-state index in [9.17, 15) is 17.2 Å². The number of sulfonamides is 1. The second kappa shape index (κ2) is 7.13. The van der Waals surface area contributed by atoms with Crippen LogP contribution in [-0.4, -0.2) is 27.5 Å². The molecule has 1 aliphatic heterocycles. The maximum atomic E-state index is 13.6. The molecular weight excluding hydrogens is 378 g/mol. The van der Waals surface area contributed by atoms with Gasteiger partial charge in [-0.15, -0.1) is 12.4 Å². The van der Waals surface area contributed by atoms with Gasteiger partial charge in [-0.05, 0) is 41.4 Å². The van der Waals surface area contributed by atoms with Crippen molar-refractivity contribution in [2.75, 3.05) is 13.1 Å². The fraction of sp³-hybridized carbons (Fsp3) is 0.455.